The first kappa shape index (κ1) is 16.5. The smallest absolute Gasteiger partial charge is 0.281 e. The predicted molar refractivity (Wildman–Crippen MR) is 106 cm³/mol. The minimum Gasteiger partial charge on any atom is -0.368 e. The first-order valence-corrected chi connectivity index (χ1v) is 8.45. The van der Waals surface area contributed by atoms with Gasteiger partial charge in [-0.3, -0.25) is 4.79 Å². The monoisotopic (exact) mass is 355 g/mol. The van der Waals surface area contributed by atoms with Crippen molar-refractivity contribution in [1.82, 2.24) is 14.8 Å². The molecule has 0 saturated carbocycles. The zero-order valence-electron chi connectivity index (χ0n) is 14.4. The fourth-order valence-electron chi connectivity index (χ4n) is 2.74. The molecule has 27 heavy (non-hydrogen) atoms. The Balaban J connectivity index is 1.56. The van der Waals surface area contributed by atoms with E-state index >= 15 is 0 Å². The number of para-hydroxylation sites is 1. The van der Waals surface area contributed by atoms with E-state index in [4.69, 9.17) is 5.73 Å². The van der Waals surface area contributed by atoms with Gasteiger partial charge in [-0.25, -0.2) is 0 Å². The van der Waals surface area contributed by atoms with E-state index in [1.165, 1.54) is 0 Å². The lowest BCUT2D eigenvalue weighted by Gasteiger charge is -2.04. The molecule has 0 aliphatic carbocycles. The molecule has 1 aromatic heterocycles. The topological polar surface area (TPSA) is 85.8 Å². The number of nitrogens with zero attached hydrogens (tertiary/aromatic N) is 3. The van der Waals surface area contributed by atoms with Crippen LogP contribution in [0.4, 0.5) is 17.6 Å². The highest BCUT2D eigenvalue weighted by atomic mass is 16.2. The lowest BCUT2D eigenvalue weighted by molar-refractivity contribution is 0.0948. The summed E-state index contributed by atoms with van der Waals surface area (Å²) in [6, 6.07) is 26.7. The number of nitrogens with two attached hydrogens (primary N) is 1. The van der Waals surface area contributed by atoms with E-state index in [9.17, 15) is 4.79 Å². The second kappa shape index (κ2) is 7.13. The maximum Gasteiger partial charge on any atom is 0.281 e. The Bertz CT molecular complexity index is 1060. The molecule has 3 N–H and O–H groups in total. The molecule has 3 aromatic carbocycles. The number of carbonyl (C=O) groups excluding carboxylic acids is 1. The van der Waals surface area contributed by atoms with Crippen LogP contribution in [-0.4, -0.2) is 20.7 Å². The summed E-state index contributed by atoms with van der Waals surface area (Å²) in [5, 5.41) is 7.21. The number of benzene rings is 3. The standard InChI is InChI=1S/C21H17N5O/c22-20-24-21(23-18-9-5-2-6-10-18)25-26(20)19(27)17-13-11-16(12-14-17)15-7-3-1-4-8-15/h1-14H,(H3,22,23,24,25). The minimum absolute atomic E-state index is 0.0329. The van der Waals surface area contributed by atoms with Gasteiger partial charge in [0, 0.05) is 11.3 Å². The number of aromatic nitrogens is 3. The Kier molecular flexibility index (Phi) is 4.37. The van der Waals surface area contributed by atoms with Crippen LogP contribution >= 0.6 is 0 Å². The fraction of sp³-hybridized carbons (Fsp3) is 0. The molecule has 0 amide bonds. The Hall–Kier alpha value is -3.93. The molecular formula is C21H17N5O. The van der Waals surface area contributed by atoms with Gasteiger partial charge < -0.3 is 11.1 Å². The van der Waals surface area contributed by atoms with Crippen LogP contribution in [-0.2, 0) is 0 Å². The van der Waals surface area contributed by atoms with Crippen molar-refractivity contribution in [3.05, 3.63) is 90.5 Å². The van der Waals surface area contributed by atoms with Gasteiger partial charge in [-0.2, -0.15) is 9.67 Å². The average molecular weight is 355 g/mol. The van der Waals surface area contributed by atoms with E-state index < -0.39 is 0 Å². The normalized spacial score (nSPS) is 10.5. The number of hydrogen-bond acceptors (Lipinski definition) is 5. The SMILES string of the molecule is Nc1nc(Nc2ccccc2)nn1C(=O)c1ccc(-c2ccccc2)cc1. The number of rotatable bonds is 4. The number of hydrogen-bond donors (Lipinski definition) is 2. The first-order valence-electron chi connectivity index (χ1n) is 8.45. The molecule has 0 fully saturated rings. The van der Waals surface area contributed by atoms with Gasteiger partial charge in [0.2, 0.25) is 11.9 Å². The zero-order chi connectivity index (χ0) is 18.6. The lowest BCUT2D eigenvalue weighted by Crippen LogP contribution is -2.16. The van der Waals surface area contributed by atoms with Crippen molar-refractivity contribution in [3.63, 3.8) is 0 Å². The van der Waals surface area contributed by atoms with Crippen LogP contribution in [0.3, 0.4) is 0 Å². The molecular weight excluding hydrogens is 338 g/mol. The number of nitrogens with one attached hydrogen (secondary N) is 1. The van der Waals surface area contributed by atoms with Crippen LogP contribution in [0.1, 0.15) is 10.4 Å². The van der Waals surface area contributed by atoms with Crippen LogP contribution in [0.15, 0.2) is 84.9 Å². The van der Waals surface area contributed by atoms with Crippen molar-refractivity contribution in [3.8, 4) is 11.1 Å². The van der Waals surface area contributed by atoms with Gasteiger partial charge in [0.25, 0.3) is 5.91 Å². The van der Waals surface area contributed by atoms with E-state index in [0.29, 0.717) is 5.56 Å². The maximum absolute atomic E-state index is 12.7. The molecule has 132 valence electrons. The second-order valence-electron chi connectivity index (χ2n) is 5.94. The summed E-state index contributed by atoms with van der Waals surface area (Å²) in [6.07, 6.45) is 0. The van der Waals surface area contributed by atoms with Crippen LogP contribution in [0.2, 0.25) is 0 Å². The summed E-state index contributed by atoms with van der Waals surface area (Å²) < 4.78 is 1.10. The fourth-order valence-corrected chi connectivity index (χ4v) is 2.74. The quantitative estimate of drug-likeness (QED) is 0.579. The average Bonchev–Trinajstić information content (AvgIpc) is 3.09. The summed E-state index contributed by atoms with van der Waals surface area (Å²) in [7, 11) is 0. The van der Waals surface area contributed by atoms with Crippen LogP contribution in [0.5, 0.6) is 0 Å². The maximum atomic E-state index is 12.7. The van der Waals surface area contributed by atoms with Gasteiger partial charge in [0.1, 0.15) is 0 Å². The highest BCUT2D eigenvalue weighted by Crippen LogP contribution is 2.20. The lowest BCUT2D eigenvalue weighted by atomic mass is 10.0. The molecule has 0 spiro atoms. The van der Waals surface area contributed by atoms with E-state index in [2.05, 4.69) is 15.4 Å². The molecule has 0 atom stereocenters. The highest BCUT2D eigenvalue weighted by Gasteiger charge is 2.16. The summed E-state index contributed by atoms with van der Waals surface area (Å²) in [5.41, 5.74) is 9.30. The van der Waals surface area contributed by atoms with Crippen molar-refractivity contribution in [2.45, 2.75) is 0 Å². The summed E-state index contributed by atoms with van der Waals surface area (Å²) in [6.45, 7) is 0. The molecule has 0 bridgehead atoms. The van der Waals surface area contributed by atoms with E-state index in [1.807, 2.05) is 72.8 Å². The first-order chi connectivity index (χ1) is 13.2. The molecule has 0 saturated heterocycles. The third-order valence-corrected chi connectivity index (χ3v) is 4.09. The van der Waals surface area contributed by atoms with Crippen LogP contribution < -0.4 is 11.1 Å². The van der Waals surface area contributed by atoms with E-state index in [-0.39, 0.29) is 17.8 Å². The molecule has 4 aromatic rings. The molecule has 0 aliphatic heterocycles. The molecule has 6 heteroatoms. The number of nitrogen functional groups attached to an aromatic ring is 1. The molecule has 1 heterocycles. The molecule has 0 unspecified atom stereocenters. The zero-order valence-corrected chi connectivity index (χ0v) is 14.4. The van der Waals surface area contributed by atoms with Gasteiger partial charge in [-0.15, -0.1) is 5.10 Å². The van der Waals surface area contributed by atoms with Gasteiger partial charge in [-0.05, 0) is 35.4 Å². The van der Waals surface area contributed by atoms with Gasteiger partial charge in [-0.1, -0.05) is 60.7 Å². The molecule has 4 rings (SSSR count). The van der Waals surface area contributed by atoms with Crippen LogP contribution in [0, 0.1) is 0 Å². The van der Waals surface area contributed by atoms with Gasteiger partial charge in [0.05, 0.1) is 0 Å². The highest BCUT2D eigenvalue weighted by molar-refractivity contribution is 5.97. The largest absolute Gasteiger partial charge is 0.368 e. The Morgan fingerprint density at radius 1 is 0.815 bits per heavy atom. The van der Waals surface area contributed by atoms with E-state index in [1.54, 1.807) is 12.1 Å². The molecule has 0 aliphatic rings. The minimum atomic E-state index is -0.333. The van der Waals surface area contributed by atoms with Crippen LogP contribution in [0.25, 0.3) is 11.1 Å². The van der Waals surface area contributed by atoms with E-state index in [0.717, 1.165) is 21.5 Å². The number of carbonyl (C=O) groups is 1. The van der Waals surface area contributed by atoms with Crippen molar-refractivity contribution >= 4 is 23.5 Å². The Morgan fingerprint density at radius 3 is 2.07 bits per heavy atom. The Morgan fingerprint density at radius 2 is 1.41 bits per heavy atom. The van der Waals surface area contributed by atoms with Crippen molar-refractivity contribution < 1.29 is 4.79 Å². The summed E-state index contributed by atoms with van der Waals surface area (Å²) >= 11 is 0. The second-order valence-corrected chi connectivity index (χ2v) is 5.94. The number of anilines is 3. The molecule has 0 radical (unpaired) electrons. The van der Waals surface area contributed by atoms with Gasteiger partial charge >= 0.3 is 0 Å². The summed E-state index contributed by atoms with van der Waals surface area (Å²) in [4.78, 5) is 16.8. The third-order valence-electron chi connectivity index (χ3n) is 4.09. The Labute approximate surface area is 156 Å². The van der Waals surface area contributed by atoms with Crippen molar-refractivity contribution in [1.29, 1.82) is 0 Å². The van der Waals surface area contributed by atoms with Gasteiger partial charge in [0.15, 0.2) is 0 Å². The van der Waals surface area contributed by atoms with Crippen molar-refractivity contribution in [2.75, 3.05) is 11.1 Å². The predicted octanol–water partition coefficient (Wildman–Crippen LogP) is 3.96. The third kappa shape index (κ3) is 3.55. The van der Waals surface area contributed by atoms with Crippen molar-refractivity contribution in [2.24, 2.45) is 0 Å². The molecule has 6 nitrogen and oxygen atoms in total. The summed E-state index contributed by atoms with van der Waals surface area (Å²) in [5.74, 6) is -0.0285.